The third-order valence-corrected chi connectivity index (χ3v) is 10.0. The largest absolute Gasteiger partial charge is 0.466 e. The lowest BCUT2D eigenvalue weighted by Crippen LogP contribution is -2.53. The Balaban J connectivity index is 1.53. The van der Waals surface area contributed by atoms with Gasteiger partial charge < -0.3 is 4.74 Å². The Bertz CT molecular complexity index is 595. The van der Waals surface area contributed by atoms with Crippen molar-refractivity contribution in [3.05, 3.63) is 12.2 Å². The summed E-state index contributed by atoms with van der Waals surface area (Å²) in [5.41, 5.74) is 1.11. The highest BCUT2D eigenvalue weighted by atomic mass is 16.5. The highest BCUT2D eigenvalue weighted by molar-refractivity contribution is 5.81. The van der Waals surface area contributed by atoms with Gasteiger partial charge in [0.2, 0.25) is 0 Å². The van der Waals surface area contributed by atoms with Crippen molar-refractivity contribution in [2.45, 2.75) is 85.0 Å². The number of allylic oxidation sites excluding steroid dienone is 1. The zero-order valence-corrected chi connectivity index (χ0v) is 18.0. The minimum Gasteiger partial charge on any atom is -0.466 e. The molecule has 0 N–H and O–H groups in total. The number of methoxy groups -OCH3 is 1. The standard InChI is InChI=1S/C25H40O2/c1-17(8-13-23(26)27-4)20-11-12-21-19-10-9-18-7-5-6-15-24(18,2)22(19)14-16-25(20,21)3/h8,13,17-22H,5-7,9-12,14-16H2,1-4H3/b13-8+/t17-,18?,19?,20?,21?,22?,24?,25?/m1/s1. The predicted octanol–water partition coefficient (Wildman–Crippen LogP) is 6.40. The maximum absolute atomic E-state index is 11.5. The maximum atomic E-state index is 11.5. The van der Waals surface area contributed by atoms with Crippen LogP contribution < -0.4 is 0 Å². The van der Waals surface area contributed by atoms with Crippen LogP contribution in [0, 0.1) is 46.3 Å². The lowest BCUT2D eigenvalue weighted by Gasteiger charge is -2.60. The zero-order valence-electron chi connectivity index (χ0n) is 18.0. The quantitative estimate of drug-likeness (QED) is 0.423. The monoisotopic (exact) mass is 372 g/mol. The van der Waals surface area contributed by atoms with Gasteiger partial charge in [-0.05, 0) is 97.7 Å². The van der Waals surface area contributed by atoms with Crippen LogP contribution in [-0.4, -0.2) is 13.1 Å². The molecule has 7 unspecified atom stereocenters. The van der Waals surface area contributed by atoms with E-state index >= 15 is 0 Å². The molecule has 0 amide bonds. The molecule has 4 fully saturated rings. The van der Waals surface area contributed by atoms with E-state index in [0.29, 0.717) is 16.7 Å². The first kappa shape index (κ1) is 19.5. The summed E-state index contributed by atoms with van der Waals surface area (Å²) in [5, 5.41) is 0. The summed E-state index contributed by atoms with van der Waals surface area (Å²) in [4.78, 5) is 11.5. The Morgan fingerprint density at radius 3 is 2.52 bits per heavy atom. The van der Waals surface area contributed by atoms with Crippen LogP contribution in [0.2, 0.25) is 0 Å². The fourth-order valence-electron chi connectivity index (χ4n) is 8.63. The van der Waals surface area contributed by atoms with Gasteiger partial charge in [0.05, 0.1) is 7.11 Å². The molecule has 0 saturated heterocycles. The van der Waals surface area contributed by atoms with Crippen LogP contribution in [0.15, 0.2) is 12.2 Å². The van der Waals surface area contributed by atoms with E-state index in [1.54, 1.807) is 6.08 Å². The van der Waals surface area contributed by atoms with Crippen molar-refractivity contribution in [2.75, 3.05) is 7.11 Å². The first-order valence-corrected chi connectivity index (χ1v) is 11.7. The third-order valence-electron chi connectivity index (χ3n) is 10.0. The molecule has 0 aromatic carbocycles. The van der Waals surface area contributed by atoms with Crippen molar-refractivity contribution in [3.63, 3.8) is 0 Å². The molecular formula is C25H40O2. The highest BCUT2D eigenvalue weighted by Crippen LogP contribution is 2.68. The Hall–Kier alpha value is -0.790. The van der Waals surface area contributed by atoms with Gasteiger partial charge in [0.25, 0.3) is 0 Å². The van der Waals surface area contributed by atoms with Crippen molar-refractivity contribution in [1.82, 2.24) is 0 Å². The molecule has 0 aromatic rings. The summed E-state index contributed by atoms with van der Waals surface area (Å²) in [7, 11) is 1.47. The van der Waals surface area contributed by atoms with Gasteiger partial charge >= 0.3 is 5.97 Å². The molecule has 0 bridgehead atoms. The molecule has 4 aliphatic rings. The second-order valence-electron chi connectivity index (χ2n) is 10.9. The van der Waals surface area contributed by atoms with Crippen LogP contribution in [0.3, 0.4) is 0 Å². The van der Waals surface area contributed by atoms with Crippen molar-refractivity contribution < 1.29 is 9.53 Å². The Kier molecular flexibility index (Phi) is 5.23. The fraction of sp³-hybridized carbons (Fsp3) is 0.880. The molecule has 2 nitrogen and oxygen atoms in total. The predicted molar refractivity (Wildman–Crippen MR) is 110 cm³/mol. The van der Waals surface area contributed by atoms with Gasteiger partial charge in [0.15, 0.2) is 0 Å². The second kappa shape index (κ2) is 7.23. The van der Waals surface area contributed by atoms with E-state index in [4.69, 9.17) is 4.74 Å². The topological polar surface area (TPSA) is 26.3 Å². The summed E-state index contributed by atoms with van der Waals surface area (Å²) in [6.45, 7) is 7.59. The van der Waals surface area contributed by atoms with Crippen LogP contribution in [0.25, 0.3) is 0 Å². The Morgan fingerprint density at radius 1 is 0.963 bits per heavy atom. The highest BCUT2D eigenvalue weighted by Gasteiger charge is 2.59. The molecular weight excluding hydrogens is 332 g/mol. The fourth-order valence-corrected chi connectivity index (χ4v) is 8.63. The van der Waals surface area contributed by atoms with E-state index in [1.165, 1.54) is 71.3 Å². The molecule has 152 valence electrons. The van der Waals surface area contributed by atoms with E-state index < -0.39 is 0 Å². The van der Waals surface area contributed by atoms with Crippen molar-refractivity contribution in [3.8, 4) is 0 Å². The van der Waals surface area contributed by atoms with E-state index in [1.807, 2.05) is 0 Å². The number of hydrogen-bond acceptors (Lipinski definition) is 2. The van der Waals surface area contributed by atoms with E-state index in [-0.39, 0.29) is 5.97 Å². The van der Waals surface area contributed by atoms with Gasteiger partial charge in [0, 0.05) is 6.08 Å². The van der Waals surface area contributed by atoms with Gasteiger partial charge in [0.1, 0.15) is 0 Å². The van der Waals surface area contributed by atoms with Crippen LogP contribution in [-0.2, 0) is 9.53 Å². The number of rotatable bonds is 3. The lowest BCUT2D eigenvalue weighted by atomic mass is 9.44. The number of hydrogen-bond donors (Lipinski definition) is 0. The lowest BCUT2D eigenvalue weighted by molar-refractivity contribution is -0.134. The van der Waals surface area contributed by atoms with E-state index in [2.05, 4.69) is 26.8 Å². The molecule has 4 aliphatic carbocycles. The Labute approximate surface area is 166 Å². The molecule has 2 heteroatoms. The molecule has 27 heavy (non-hydrogen) atoms. The molecule has 0 radical (unpaired) electrons. The van der Waals surface area contributed by atoms with Gasteiger partial charge in [-0.15, -0.1) is 0 Å². The molecule has 0 aromatic heterocycles. The first-order chi connectivity index (χ1) is 12.9. The summed E-state index contributed by atoms with van der Waals surface area (Å²) >= 11 is 0. The van der Waals surface area contributed by atoms with Crippen LogP contribution in [0.5, 0.6) is 0 Å². The van der Waals surface area contributed by atoms with Crippen molar-refractivity contribution in [2.24, 2.45) is 46.3 Å². The van der Waals surface area contributed by atoms with E-state index in [0.717, 1.165) is 29.6 Å². The summed E-state index contributed by atoms with van der Waals surface area (Å²) in [6.07, 6.45) is 18.3. The maximum Gasteiger partial charge on any atom is 0.330 e. The van der Waals surface area contributed by atoms with Gasteiger partial charge in [-0.3, -0.25) is 0 Å². The van der Waals surface area contributed by atoms with Crippen LogP contribution in [0.4, 0.5) is 0 Å². The SMILES string of the molecule is COC(=O)/C=C/[C@@H](C)C1CCC2C3CCC4CCCCC4(C)C3CCC21C. The average molecular weight is 373 g/mol. The molecule has 0 spiro atoms. The molecule has 4 rings (SSSR count). The first-order valence-electron chi connectivity index (χ1n) is 11.7. The number of carbonyl (C=O) groups excluding carboxylic acids is 1. The summed E-state index contributed by atoms with van der Waals surface area (Å²) in [6, 6.07) is 0. The van der Waals surface area contributed by atoms with Crippen LogP contribution in [0.1, 0.15) is 85.0 Å². The van der Waals surface area contributed by atoms with Crippen molar-refractivity contribution >= 4 is 5.97 Å². The summed E-state index contributed by atoms with van der Waals surface area (Å²) < 4.78 is 4.80. The normalized spacial score (nSPS) is 47.8. The summed E-state index contributed by atoms with van der Waals surface area (Å²) in [5.74, 6) is 4.84. The van der Waals surface area contributed by atoms with Gasteiger partial charge in [-0.2, -0.15) is 0 Å². The molecule has 0 heterocycles. The van der Waals surface area contributed by atoms with Gasteiger partial charge in [-0.1, -0.05) is 39.7 Å². The third kappa shape index (κ3) is 3.10. The Morgan fingerprint density at radius 2 is 1.74 bits per heavy atom. The number of fused-ring (bicyclic) bond motifs is 5. The second-order valence-corrected chi connectivity index (χ2v) is 10.9. The molecule has 8 atom stereocenters. The number of esters is 1. The smallest absolute Gasteiger partial charge is 0.330 e. The number of ether oxygens (including phenoxy) is 1. The minimum atomic E-state index is -0.214. The van der Waals surface area contributed by atoms with Crippen molar-refractivity contribution in [1.29, 1.82) is 0 Å². The minimum absolute atomic E-state index is 0.214. The van der Waals surface area contributed by atoms with E-state index in [9.17, 15) is 4.79 Å². The zero-order chi connectivity index (χ0) is 19.2. The average Bonchev–Trinajstić information content (AvgIpc) is 3.02. The molecule has 0 aliphatic heterocycles. The molecule has 4 saturated carbocycles. The van der Waals surface area contributed by atoms with Gasteiger partial charge in [-0.25, -0.2) is 4.79 Å². The number of carbonyl (C=O) groups is 1. The van der Waals surface area contributed by atoms with Crippen LogP contribution >= 0.6 is 0 Å².